The van der Waals surface area contributed by atoms with Crippen LogP contribution in [0.25, 0.3) is 10.9 Å². The molecule has 8 heteroatoms. The summed E-state index contributed by atoms with van der Waals surface area (Å²) < 4.78 is 13.2. The standard InChI is InChI=1S/C27H29N5O3/c28-27(33)32(22-9-11-25(12-10-22)35-24-5-2-1-3-6-24)23-8-7-21-20-31(29-26(21)19-23)14-4-13-30-15-17-34-18-16-30/h1-3,5-12,19-20H,4,13-18H2,(H2,28,33). The molecule has 1 aliphatic rings. The Morgan fingerprint density at radius 2 is 1.66 bits per heavy atom. The normalized spacial score (nSPS) is 14.2. The predicted molar refractivity (Wildman–Crippen MR) is 136 cm³/mol. The first-order chi connectivity index (χ1) is 17.2. The van der Waals surface area contributed by atoms with Crippen molar-refractivity contribution < 1.29 is 14.3 Å². The highest BCUT2D eigenvalue weighted by molar-refractivity contribution is 6.00. The number of anilines is 2. The number of carbonyl (C=O) groups is 1. The number of urea groups is 1. The van der Waals surface area contributed by atoms with Gasteiger partial charge in [0.15, 0.2) is 0 Å². The molecule has 0 aliphatic carbocycles. The summed E-state index contributed by atoms with van der Waals surface area (Å²) >= 11 is 0. The maximum absolute atomic E-state index is 12.4. The van der Waals surface area contributed by atoms with Gasteiger partial charge in [0.25, 0.3) is 0 Å². The number of amides is 2. The molecule has 2 amide bonds. The quantitative estimate of drug-likeness (QED) is 0.400. The van der Waals surface area contributed by atoms with Crippen LogP contribution in [-0.4, -0.2) is 53.6 Å². The number of hydrogen-bond acceptors (Lipinski definition) is 5. The van der Waals surface area contributed by atoms with Gasteiger partial charge in [-0.2, -0.15) is 5.10 Å². The third-order valence-corrected chi connectivity index (χ3v) is 6.06. The van der Waals surface area contributed by atoms with E-state index in [1.165, 1.54) is 4.90 Å². The number of rotatable bonds is 8. The number of benzene rings is 3. The van der Waals surface area contributed by atoms with Crippen LogP contribution in [0.15, 0.2) is 79.0 Å². The molecule has 180 valence electrons. The lowest BCUT2D eigenvalue weighted by Gasteiger charge is -2.26. The fraction of sp³-hybridized carbons (Fsp3) is 0.259. The molecule has 5 rings (SSSR count). The van der Waals surface area contributed by atoms with E-state index < -0.39 is 6.03 Å². The van der Waals surface area contributed by atoms with Crippen LogP contribution in [0.4, 0.5) is 16.2 Å². The van der Waals surface area contributed by atoms with Crippen molar-refractivity contribution in [3.63, 3.8) is 0 Å². The van der Waals surface area contributed by atoms with Crippen LogP contribution in [0.2, 0.25) is 0 Å². The van der Waals surface area contributed by atoms with E-state index in [4.69, 9.17) is 20.3 Å². The van der Waals surface area contributed by atoms with Crippen LogP contribution in [0.5, 0.6) is 11.5 Å². The summed E-state index contributed by atoms with van der Waals surface area (Å²) in [5.74, 6) is 1.42. The minimum atomic E-state index is -0.564. The summed E-state index contributed by atoms with van der Waals surface area (Å²) in [6, 6.07) is 22.0. The first-order valence-electron chi connectivity index (χ1n) is 11.9. The maximum Gasteiger partial charge on any atom is 0.323 e. The van der Waals surface area contributed by atoms with Crippen molar-refractivity contribution in [2.45, 2.75) is 13.0 Å². The topological polar surface area (TPSA) is 85.9 Å². The van der Waals surface area contributed by atoms with Crippen LogP contribution in [-0.2, 0) is 11.3 Å². The van der Waals surface area contributed by atoms with E-state index in [1.807, 2.05) is 83.7 Å². The number of nitrogens with two attached hydrogens (primary N) is 1. The molecule has 0 saturated carbocycles. The highest BCUT2D eigenvalue weighted by Gasteiger charge is 2.17. The number of aryl methyl sites for hydroxylation is 1. The predicted octanol–water partition coefficient (Wildman–Crippen LogP) is 4.77. The van der Waals surface area contributed by atoms with Crippen molar-refractivity contribution in [1.82, 2.24) is 14.7 Å². The second kappa shape index (κ2) is 10.6. The number of fused-ring (bicyclic) bond motifs is 1. The van der Waals surface area contributed by atoms with Gasteiger partial charge in [-0.3, -0.25) is 14.5 Å². The number of nitrogens with zero attached hydrogens (tertiary/aromatic N) is 4. The molecule has 3 aromatic carbocycles. The first-order valence-corrected chi connectivity index (χ1v) is 11.9. The molecule has 1 fully saturated rings. The molecule has 2 heterocycles. The molecular formula is C27H29N5O3. The lowest BCUT2D eigenvalue weighted by Crippen LogP contribution is -2.37. The number of para-hydroxylation sites is 1. The van der Waals surface area contributed by atoms with Crippen molar-refractivity contribution in [1.29, 1.82) is 0 Å². The van der Waals surface area contributed by atoms with Crippen LogP contribution in [0.3, 0.4) is 0 Å². The summed E-state index contributed by atoms with van der Waals surface area (Å²) in [4.78, 5) is 16.3. The van der Waals surface area contributed by atoms with E-state index >= 15 is 0 Å². The summed E-state index contributed by atoms with van der Waals surface area (Å²) in [5.41, 5.74) is 7.91. The van der Waals surface area contributed by atoms with Crippen molar-refractivity contribution in [3.05, 3.63) is 79.0 Å². The fourth-order valence-electron chi connectivity index (χ4n) is 4.28. The highest BCUT2D eigenvalue weighted by atomic mass is 16.5. The average molecular weight is 472 g/mol. The second-order valence-corrected chi connectivity index (χ2v) is 8.53. The Morgan fingerprint density at radius 1 is 0.943 bits per heavy atom. The Morgan fingerprint density at radius 3 is 2.40 bits per heavy atom. The Balaban J connectivity index is 1.29. The smallest absolute Gasteiger partial charge is 0.323 e. The number of hydrogen-bond donors (Lipinski definition) is 1. The minimum absolute atomic E-state index is 0.564. The molecule has 0 atom stereocenters. The van der Waals surface area contributed by atoms with Crippen molar-refractivity contribution >= 4 is 28.3 Å². The van der Waals surface area contributed by atoms with Crippen LogP contribution in [0, 0.1) is 0 Å². The van der Waals surface area contributed by atoms with E-state index in [2.05, 4.69) is 4.90 Å². The molecule has 1 aromatic heterocycles. The van der Waals surface area contributed by atoms with Gasteiger partial charge in [-0.05, 0) is 61.0 Å². The van der Waals surface area contributed by atoms with Gasteiger partial charge in [0.1, 0.15) is 11.5 Å². The SMILES string of the molecule is NC(=O)N(c1ccc(Oc2ccccc2)cc1)c1ccc2cn(CCCN3CCOCC3)nc2c1. The van der Waals surface area contributed by atoms with E-state index in [1.54, 1.807) is 0 Å². The summed E-state index contributed by atoms with van der Waals surface area (Å²) in [5, 5.41) is 5.75. The van der Waals surface area contributed by atoms with Crippen molar-refractivity contribution in [2.24, 2.45) is 5.73 Å². The molecule has 0 radical (unpaired) electrons. The first kappa shape index (κ1) is 22.9. The molecule has 4 aromatic rings. The molecule has 0 bridgehead atoms. The molecular weight excluding hydrogens is 442 g/mol. The highest BCUT2D eigenvalue weighted by Crippen LogP contribution is 2.30. The van der Waals surface area contributed by atoms with Gasteiger partial charge in [0.05, 0.1) is 30.1 Å². The van der Waals surface area contributed by atoms with Gasteiger partial charge in [0, 0.05) is 37.8 Å². The zero-order valence-corrected chi connectivity index (χ0v) is 19.5. The number of ether oxygens (including phenoxy) is 2. The average Bonchev–Trinajstić information content (AvgIpc) is 3.28. The van der Waals surface area contributed by atoms with Gasteiger partial charge in [0.2, 0.25) is 0 Å². The number of morpholine rings is 1. The molecule has 1 aliphatic heterocycles. The molecule has 35 heavy (non-hydrogen) atoms. The van der Waals surface area contributed by atoms with Crippen LogP contribution >= 0.6 is 0 Å². The zero-order valence-electron chi connectivity index (χ0n) is 19.5. The largest absolute Gasteiger partial charge is 0.457 e. The van der Waals surface area contributed by atoms with Gasteiger partial charge >= 0.3 is 6.03 Å². The zero-order chi connectivity index (χ0) is 24.0. The van der Waals surface area contributed by atoms with Crippen molar-refractivity contribution in [3.8, 4) is 11.5 Å². The third-order valence-electron chi connectivity index (χ3n) is 6.06. The summed E-state index contributed by atoms with van der Waals surface area (Å²) in [6.07, 6.45) is 3.06. The van der Waals surface area contributed by atoms with E-state index in [0.29, 0.717) is 17.1 Å². The molecule has 8 nitrogen and oxygen atoms in total. The summed E-state index contributed by atoms with van der Waals surface area (Å²) in [6.45, 7) is 5.48. The van der Waals surface area contributed by atoms with Gasteiger partial charge in [-0.25, -0.2) is 4.79 Å². The number of aromatic nitrogens is 2. The fourth-order valence-corrected chi connectivity index (χ4v) is 4.28. The van der Waals surface area contributed by atoms with Gasteiger partial charge < -0.3 is 15.2 Å². The van der Waals surface area contributed by atoms with Gasteiger partial charge in [-0.1, -0.05) is 18.2 Å². The Bertz CT molecular complexity index is 1270. The van der Waals surface area contributed by atoms with Crippen molar-refractivity contribution in [2.75, 3.05) is 37.7 Å². The van der Waals surface area contributed by atoms with E-state index in [9.17, 15) is 4.79 Å². The van der Waals surface area contributed by atoms with Gasteiger partial charge in [-0.15, -0.1) is 0 Å². The Labute approximate surface area is 204 Å². The second-order valence-electron chi connectivity index (χ2n) is 8.53. The number of primary amides is 1. The molecule has 2 N–H and O–H groups in total. The minimum Gasteiger partial charge on any atom is -0.457 e. The molecule has 0 unspecified atom stereocenters. The summed E-state index contributed by atoms with van der Waals surface area (Å²) in [7, 11) is 0. The van der Waals surface area contributed by atoms with E-state index in [-0.39, 0.29) is 0 Å². The van der Waals surface area contributed by atoms with Crippen LogP contribution in [0.1, 0.15) is 6.42 Å². The lowest BCUT2D eigenvalue weighted by atomic mass is 10.2. The Hall–Kier alpha value is -3.88. The lowest BCUT2D eigenvalue weighted by molar-refractivity contribution is 0.0368. The maximum atomic E-state index is 12.4. The molecule has 1 saturated heterocycles. The number of carbonyl (C=O) groups excluding carboxylic acids is 1. The monoisotopic (exact) mass is 471 g/mol. The van der Waals surface area contributed by atoms with Crippen LogP contribution < -0.4 is 15.4 Å². The molecule has 0 spiro atoms. The van der Waals surface area contributed by atoms with E-state index in [0.717, 1.165) is 62.5 Å². The third kappa shape index (κ3) is 5.62. The Kier molecular flexibility index (Phi) is 6.92.